The topological polar surface area (TPSA) is 26.0 Å². The molecule has 0 spiro atoms. The molecule has 0 fully saturated rings. The molecular weight excluding hydrogens is 268 g/mol. The molecule has 15 heavy (non-hydrogen) atoms. The second-order valence-electron chi connectivity index (χ2n) is 3.00. The van der Waals surface area contributed by atoms with Crippen LogP contribution in [0, 0.1) is 18.6 Å². The van der Waals surface area contributed by atoms with E-state index in [2.05, 4.69) is 20.9 Å². The van der Waals surface area contributed by atoms with Crippen molar-refractivity contribution in [2.75, 3.05) is 0 Å². The SMILES string of the molecule is Cc1cnc(-c2ccc(F)c(F)c2Br)o1. The van der Waals surface area contributed by atoms with E-state index >= 15 is 0 Å². The number of aryl methyl sites for hydroxylation is 1. The highest BCUT2D eigenvalue weighted by atomic mass is 79.9. The summed E-state index contributed by atoms with van der Waals surface area (Å²) in [7, 11) is 0. The highest BCUT2D eigenvalue weighted by Gasteiger charge is 2.15. The first kappa shape index (κ1) is 10.3. The summed E-state index contributed by atoms with van der Waals surface area (Å²) < 4.78 is 31.2. The molecule has 0 saturated heterocycles. The lowest BCUT2D eigenvalue weighted by Crippen LogP contribution is -1.89. The van der Waals surface area contributed by atoms with Crippen LogP contribution in [0.3, 0.4) is 0 Å². The first-order valence-electron chi connectivity index (χ1n) is 4.16. The Kier molecular flexibility index (Phi) is 2.56. The highest BCUT2D eigenvalue weighted by molar-refractivity contribution is 9.10. The van der Waals surface area contributed by atoms with E-state index in [1.54, 1.807) is 6.92 Å². The lowest BCUT2D eigenvalue weighted by atomic mass is 10.2. The van der Waals surface area contributed by atoms with Crippen LogP contribution < -0.4 is 0 Å². The molecule has 2 rings (SSSR count). The minimum Gasteiger partial charge on any atom is -0.441 e. The van der Waals surface area contributed by atoms with Gasteiger partial charge in [0.1, 0.15) is 5.76 Å². The molecule has 5 heteroatoms. The summed E-state index contributed by atoms with van der Waals surface area (Å²) >= 11 is 2.96. The second-order valence-corrected chi connectivity index (χ2v) is 3.79. The summed E-state index contributed by atoms with van der Waals surface area (Å²) in [5.74, 6) is -0.975. The Bertz CT molecular complexity index is 510. The van der Waals surface area contributed by atoms with E-state index in [-0.39, 0.29) is 10.4 Å². The van der Waals surface area contributed by atoms with Gasteiger partial charge in [-0.25, -0.2) is 13.8 Å². The van der Waals surface area contributed by atoms with E-state index < -0.39 is 11.6 Å². The Morgan fingerprint density at radius 3 is 2.67 bits per heavy atom. The lowest BCUT2D eigenvalue weighted by molar-refractivity contribution is 0.502. The zero-order chi connectivity index (χ0) is 11.0. The van der Waals surface area contributed by atoms with Gasteiger partial charge >= 0.3 is 0 Å². The third kappa shape index (κ3) is 1.79. The normalized spacial score (nSPS) is 10.7. The van der Waals surface area contributed by atoms with Gasteiger partial charge in [0.2, 0.25) is 5.89 Å². The van der Waals surface area contributed by atoms with E-state index in [0.29, 0.717) is 11.3 Å². The van der Waals surface area contributed by atoms with Gasteiger partial charge in [-0.15, -0.1) is 0 Å². The third-order valence-electron chi connectivity index (χ3n) is 1.89. The summed E-state index contributed by atoms with van der Waals surface area (Å²) in [4.78, 5) is 3.93. The van der Waals surface area contributed by atoms with Crippen molar-refractivity contribution in [1.29, 1.82) is 0 Å². The van der Waals surface area contributed by atoms with Crippen molar-refractivity contribution in [3.05, 3.63) is 40.2 Å². The van der Waals surface area contributed by atoms with Crippen molar-refractivity contribution < 1.29 is 13.2 Å². The van der Waals surface area contributed by atoms with Gasteiger partial charge in [-0.2, -0.15) is 0 Å². The van der Waals surface area contributed by atoms with Crippen LogP contribution in [0.5, 0.6) is 0 Å². The largest absolute Gasteiger partial charge is 0.441 e. The Balaban J connectivity index is 2.59. The molecule has 0 amide bonds. The Labute approximate surface area is 93.1 Å². The molecule has 1 heterocycles. The van der Waals surface area contributed by atoms with Crippen LogP contribution in [0.4, 0.5) is 8.78 Å². The average Bonchev–Trinajstić information content (AvgIpc) is 2.61. The predicted octanol–water partition coefficient (Wildman–Crippen LogP) is 3.69. The second kappa shape index (κ2) is 3.73. The number of aromatic nitrogens is 1. The number of rotatable bonds is 1. The quantitative estimate of drug-likeness (QED) is 0.741. The molecule has 0 aliphatic heterocycles. The first-order chi connectivity index (χ1) is 7.09. The molecule has 0 unspecified atom stereocenters. The Hall–Kier alpha value is -1.23. The number of nitrogens with zero attached hydrogens (tertiary/aromatic N) is 1. The fourth-order valence-electron chi connectivity index (χ4n) is 1.17. The molecule has 1 aromatic heterocycles. The van der Waals surface area contributed by atoms with Crippen molar-refractivity contribution in [2.45, 2.75) is 6.92 Å². The van der Waals surface area contributed by atoms with Gasteiger partial charge in [-0.05, 0) is 35.0 Å². The van der Waals surface area contributed by atoms with Gasteiger partial charge in [0.25, 0.3) is 0 Å². The third-order valence-corrected chi connectivity index (χ3v) is 2.66. The fraction of sp³-hybridized carbons (Fsp3) is 0.100. The van der Waals surface area contributed by atoms with Gasteiger partial charge in [0.05, 0.1) is 16.2 Å². The van der Waals surface area contributed by atoms with E-state index in [1.807, 2.05) is 0 Å². The zero-order valence-corrected chi connectivity index (χ0v) is 9.31. The molecule has 2 aromatic rings. The standard InChI is InChI=1S/C10H6BrF2NO/c1-5-4-14-10(15-5)6-2-3-7(12)9(13)8(6)11/h2-4H,1H3. The van der Waals surface area contributed by atoms with Crippen LogP contribution in [0.15, 0.2) is 27.2 Å². The minimum atomic E-state index is -0.941. The predicted molar refractivity (Wildman–Crippen MR) is 54.3 cm³/mol. The first-order valence-corrected chi connectivity index (χ1v) is 4.95. The summed E-state index contributed by atoms with van der Waals surface area (Å²) in [6.07, 6.45) is 1.52. The van der Waals surface area contributed by atoms with Crippen LogP contribution in [0.25, 0.3) is 11.5 Å². The van der Waals surface area contributed by atoms with Crippen LogP contribution in [-0.2, 0) is 0 Å². The van der Waals surface area contributed by atoms with Gasteiger partial charge in [0.15, 0.2) is 11.6 Å². The molecule has 0 saturated carbocycles. The molecule has 0 N–H and O–H groups in total. The van der Waals surface area contributed by atoms with Crippen LogP contribution in [-0.4, -0.2) is 4.98 Å². The van der Waals surface area contributed by atoms with E-state index in [4.69, 9.17) is 4.42 Å². The van der Waals surface area contributed by atoms with Crippen LogP contribution in [0.2, 0.25) is 0 Å². The maximum absolute atomic E-state index is 13.2. The van der Waals surface area contributed by atoms with E-state index in [9.17, 15) is 8.78 Å². The summed E-state index contributed by atoms with van der Waals surface area (Å²) in [6, 6.07) is 2.45. The van der Waals surface area contributed by atoms with Crippen molar-refractivity contribution >= 4 is 15.9 Å². The molecule has 0 radical (unpaired) electrons. The highest BCUT2D eigenvalue weighted by Crippen LogP contribution is 2.31. The summed E-state index contributed by atoms with van der Waals surface area (Å²) in [5, 5.41) is 0. The minimum absolute atomic E-state index is 0.0179. The number of hydrogen-bond acceptors (Lipinski definition) is 2. The summed E-state index contributed by atoms with van der Waals surface area (Å²) in [6.45, 7) is 1.73. The van der Waals surface area contributed by atoms with Gasteiger partial charge in [0, 0.05) is 0 Å². The van der Waals surface area contributed by atoms with Crippen LogP contribution >= 0.6 is 15.9 Å². The Morgan fingerprint density at radius 1 is 1.33 bits per heavy atom. The van der Waals surface area contributed by atoms with Gasteiger partial charge in [-0.3, -0.25) is 0 Å². The summed E-state index contributed by atoms with van der Waals surface area (Å²) in [5.41, 5.74) is 0.391. The van der Waals surface area contributed by atoms with Gasteiger partial charge < -0.3 is 4.42 Å². The van der Waals surface area contributed by atoms with E-state index in [0.717, 1.165) is 6.07 Å². The fourth-order valence-corrected chi connectivity index (χ4v) is 1.66. The molecule has 78 valence electrons. The molecular formula is C10H6BrF2NO. The molecule has 0 aliphatic carbocycles. The smallest absolute Gasteiger partial charge is 0.227 e. The monoisotopic (exact) mass is 273 g/mol. The van der Waals surface area contributed by atoms with E-state index in [1.165, 1.54) is 12.3 Å². The lowest BCUT2D eigenvalue weighted by Gasteiger charge is -2.01. The van der Waals surface area contributed by atoms with Crippen molar-refractivity contribution in [3.8, 4) is 11.5 Å². The zero-order valence-electron chi connectivity index (χ0n) is 7.72. The number of oxazole rings is 1. The maximum atomic E-state index is 13.2. The van der Waals surface area contributed by atoms with Crippen molar-refractivity contribution in [2.24, 2.45) is 0 Å². The molecule has 0 aliphatic rings. The molecule has 0 bridgehead atoms. The van der Waals surface area contributed by atoms with Crippen molar-refractivity contribution in [3.63, 3.8) is 0 Å². The van der Waals surface area contributed by atoms with Crippen LogP contribution in [0.1, 0.15) is 5.76 Å². The Morgan fingerprint density at radius 2 is 2.07 bits per heavy atom. The maximum Gasteiger partial charge on any atom is 0.227 e. The molecule has 0 atom stereocenters. The molecule has 2 nitrogen and oxygen atoms in total. The van der Waals surface area contributed by atoms with Crippen molar-refractivity contribution in [1.82, 2.24) is 4.98 Å². The number of benzene rings is 1. The number of halogens is 3. The molecule has 1 aromatic carbocycles. The van der Waals surface area contributed by atoms with Gasteiger partial charge in [-0.1, -0.05) is 0 Å². The number of hydrogen-bond donors (Lipinski definition) is 0. The average molecular weight is 274 g/mol.